The highest BCUT2D eigenvalue weighted by Crippen LogP contribution is 2.16. The number of hydrazine groups is 1. The molecule has 7 nitrogen and oxygen atoms in total. The van der Waals surface area contributed by atoms with Crippen LogP contribution < -0.4 is 16.4 Å². The number of carbonyl (C=O) groups is 2. The van der Waals surface area contributed by atoms with Crippen LogP contribution in [0.1, 0.15) is 40.3 Å². The number of aryl methyl sites for hydroxylation is 2. The molecule has 2 N–H and O–H groups in total. The van der Waals surface area contributed by atoms with Crippen molar-refractivity contribution in [2.75, 3.05) is 0 Å². The van der Waals surface area contributed by atoms with Crippen LogP contribution in [0, 0.1) is 0 Å². The van der Waals surface area contributed by atoms with Crippen molar-refractivity contribution < 1.29 is 9.59 Å². The molecule has 3 aromatic rings. The van der Waals surface area contributed by atoms with E-state index in [2.05, 4.69) is 15.8 Å². The van der Waals surface area contributed by atoms with Gasteiger partial charge in [0.15, 0.2) is 0 Å². The molecule has 8 heteroatoms. The van der Waals surface area contributed by atoms with Crippen LogP contribution >= 0.6 is 11.3 Å². The summed E-state index contributed by atoms with van der Waals surface area (Å²) in [4.78, 5) is 42.5. The monoisotopic (exact) mass is 396 g/mol. The standard InChI is InChI=1S/C20H20N4O3S/c25-18(7-1-4-14-5-3-11-28-14)22-23-19(26)13-8-9-15-16(12-13)21-17-6-2-10-24(17)20(15)27/h3,5,8-9,11-12H,1-2,4,6-7,10H2,(H,22,25)(H,23,26). The fraction of sp³-hybridized carbons (Fsp3) is 0.300. The lowest BCUT2D eigenvalue weighted by molar-refractivity contribution is -0.121. The highest BCUT2D eigenvalue weighted by molar-refractivity contribution is 7.09. The van der Waals surface area contributed by atoms with Gasteiger partial charge in [0.2, 0.25) is 5.91 Å². The van der Waals surface area contributed by atoms with Gasteiger partial charge in [0.1, 0.15) is 5.82 Å². The van der Waals surface area contributed by atoms with Gasteiger partial charge in [0, 0.05) is 29.8 Å². The topological polar surface area (TPSA) is 93.1 Å². The van der Waals surface area contributed by atoms with E-state index in [9.17, 15) is 14.4 Å². The summed E-state index contributed by atoms with van der Waals surface area (Å²) in [6, 6.07) is 8.81. The first-order valence-corrected chi connectivity index (χ1v) is 10.1. The van der Waals surface area contributed by atoms with Crippen LogP contribution in [0.5, 0.6) is 0 Å². The number of hydrogen-bond donors (Lipinski definition) is 2. The van der Waals surface area contributed by atoms with Crippen molar-refractivity contribution in [3.63, 3.8) is 0 Å². The zero-order valence-corrected chi connectivity index (χ0v) is 16.1. The number of carbonyl (C=O) groups excluding carboxylic acids is 2. The zero-order chi connectivity index (χ0) is 19.5. The summed E-state index contributed by atoms with van der Waals surface area (Å²) in [5, 5.41) is 2.51. The van der Waals surface area contributed by atoms with Gasteiger partial charge in [0.05, 0.1) is 10.9 Å². The van der Waals surface area contributed by atoms with Crippen LogP contribution in [0.2, 0.25) is 0 Å². The third-order valence-corrected chi connectivity index (χ3v) is 5.74. The molecule has 0 bridgehead atoms. The number of fused-ring (bicyclic) bond motifs is 2. The van der Waals surface area contributed by atoms with E-state index in [1.165, 1.54) is 4.88 Å². The van der Waals surface area contributed by atoms with Gasteiger partial charge in [-0.05, 0) is 48.9 Å². The second kappa shape index (κ2) is 7.93. The van der Waals surface area contributed by atoms with Crippen LogP contribution in [0.25, 0.3) is 10.9 Å². The molecule has 144 valence electrons. The van der Waals surface area contributed by atoms with E-state index in [0.717, 1.165) is 31.5 Å². The number of rotatable bonds is 5. The summed E-state index contributed by atoms with van der Waals surface area (Å²) in [6.45, 7) is 0.692. The van der Waals surface area contributed by atoms with Gasteiger partial charge in [-0.2, -0.15) is 0 Å². The molecule has 0 saturated carbocycles. The maximum atomic E-state index is 12.5. The molecule has 2 amide bonds. The fourth-order valence-corrected chi connectivity index (χ4v) is 4.12. The quantitative estimate of drug-likeness (QED) is 0.647. The fourth-order valence-electron chi connectivity index (χ4n) is 3.36. The highest BCUT2D eigenvalue weighted by Gasteiger charge is 2.17. The number of nitrogens with zero attached hydrogens (tertiary/aromatic N) is 2. The lowest BCUT2D eigenvalue weighted by Gasteiger charge is -2.09. The predicted octanol–water partition coefficient (Wildman–Crippen LogP) is 2.19. The molecule has 0 radical (unpaired) electrons. The lowest BCUT2D eigenvalue weighted by atomic mass is 10.1. The Morgan fingerprint density at radius 3 is 2.93 bits per heavy atom. The van der Waals surface area contributed by atoms with Crippen molar-refractivity contribution in [2.24, 2.45) is 0 Å². The first-order chi connectivity index (χ1) is 13.6. The summed E-state index contributed by atoms with van der Waals surface area (Å²) in [5.74, 6) is 0.0879. The smallest absolute Gasteiger partial charge is 0.269 e. The Balaban J connectivity index is 1.36. The Kier molecular flexibility index (Phi) is 5.21. The summed E-state index contributed by atoms with van der Waals surface area (Å²) in [7, 11) is 0. The maximum absolute atomic E-state index is 12.5. The SMILES string of the molecule is O=C(CCCc1cccs1)NNC(=O)c1ccc2c(=O)n3c(nc2c1)CCC3. The van der Waals surface area contributed by atoms with Gasteiger partial charge in [-0.1, -0.05) is 6.07 Å². The van der Waals surface area contributed by atoms with Crippen molar-refractivity contribution in [1.82, 2.24) is 20.4 Å². The van der Waals surface area contributed by atoms with Crippen molar-refractivity contribution in [3.8, 4) is 0 Å². The summed E-state index contributed by atoms with van der Waals surface area (Å²) >= 11 is 1.67. The first kappa shape index (κ1) is 18.4. The molecular formula is C20H20N4O3S. The van der Waals surface area contributed by atoms with E-state index >= 15 is 0 Å². The molecule has 0 aliphatic carbocycles. The second-order valence-corrected chi connectivity index (χ2v) is 7.79. The molecule has 2 aromatic heterocycles. The van der Waals surface area contributed by atoms with Crippen molar-refractivity contribution in [1.29, 1.82) is 0 Å². The number of benzene rings is 1. The van der Waals surface area contributed by atoms with E-state index in [1.54, 1.807) is 34.1 Å². The number of aromatic nitrogens is 2. The van der Waals surface area contributed by atoms with Crippen LogP contribution in [0.4, 0.5) is 0 Å². The minimum atomic E-state index is -0.434. The van der Waals surface area contributed by atoms with Gasteiger partial charge in [0.25, 0.3) is 11.5 Å². The van der Waals surface area contributed by atoms with Crippen LogP contribution in [0.3, 0.4) is 0 Å². The molecule has 1 aromatic carbocycles. The van der Waals surface area contributed by atoms with E-state index < -0.39 is 5.91 Å². The minimum absolute atomic E-state index is 0.0662. The Morgan fingerprint density at radius 1 is 1.21 bits per heavy atom. The van der Waals surface area contributed by atoms with E-state index in [1.807, 2.05) is 17.5 Å². The molecular weight excluding hydrogens is 376 g/mol. The molecule has 1 aliphatic heterocycles. The third-order valence-electron chi connectivity index (χ3n) is 4.80. The normalized spacial score (nSPS) is 12.7. The summed E-state index contributed by atoms with van der Waals surface area (Å²) in [6.07, 6.45) is 3.57. The van der Waals surface area contributed by atoms with Gasteiger partial charge in [-0.15, -0.1) is 11.3 Å². The number of thiophene rings is 1. The summed E-state index contributed by atoms with van der Waals surface area (Å²) < 4.78 is 1.69. The molecule has 3 heterocycles. The van der Waals surface area contributed by atoms with Gasteiger partial charge in [-0.25, -0.2) is 4.98 Å². The Labute approximate surface area is 165 Å². The predicted molar refractivity (Wildman–Crippen MR) is 107 cm³/mol. The van der Waals surface area contributed by atoms with Crippen molar-refractivity contribution in [2.45, 2.75) is 38.6 Å². The average molecular weight is 396 g/mol. The van der Waals surface area contributed by atoms with Crippen molar-refractivity contribution >= 4 is 34.1 Å². The Bertz CT molecular complexity index is 1090. The molecule has 1 aliphatic rings. The van der Waals surface area contributed by atoms with Crippen molar-refractivity contribution in [3.05, 3.63) is 62.3 Å². The lowest BCUT2D eigenvalue weighted by Crippen LogP contribution is -2.41. The number of amides is 2. The molecule has 0 fully saturated rings. The molecule has 28 heavy (non-hydrogen) atoms. The number of nitrogens with one attached hydrogen (secondary N) is 2. The third kappa shape index (κ3) is 3.82. The molecule has 4 rings (SSSR count). The maximum Gasteiger partial charge on any atom is 0.269 e. The van der Waals surface area contributed by atoms with Crippen LogP contribution in [-0.2, 0) is 24.2 Å². The zero-order valence-electron chi connectivity index (χ0n) is 15.2. The van der Waals surface area contributed by atoms with E-state index in [0.29, 0.717) is 29.4 Å². The molecule has 0 spiro atoms. The van der Waals surface area contributed by atoms with E-state index in [-0.39, 0.29) is 11.5 Å². The highest BCUT2D eigenvalue weighted by atomic mass is 32.1. The largest absolute Gasteiger partial charge is 0.296 e. The first-order valence-electron chi connectivity index (χ1n) is 9.27. The van der Waals surface area contributed by atoms with Crippen LogP contribution in [-0.4, -0.2) is 21.4 Å². The minimum Gasteiger partial charge on any atom is -0.296 e. The molecule has 0 atom stereocenters. The van der Waals surface area contributed by atoms with Gasteiger partial charge >= 0.3 is 0 Å². The average Bonchev–Trinajstić information content (AvgIpc) is 3.38. The number of hydrogen-bond acceptors (Lipinski definition) is 5. The van der Waals surface area contributed by atoms with Crippen LogP contribution in [0.15, 0.2) is 40.5 Å². The molecule has 0 saturated heterocycles. The Morgan fingerprint density at radius 2 is 2.11 bits per heavy atom. The van der Waals surface area contributed by atoms with Gasteiger partial charge < -0.3 is 0 Å². The van der Waals surface area contributed by atoms with E-state index in [4.69, 9.17) is 0 Å². The Hall–Kier alpha value is -3.00. The molecule has 0 unspecified atom stereocenters. The van der Waals surface area contributed by atoms with Gasteiger partial charge in [-0.3, -0.25) is 29.8 Å². The second-order valence-electron chi connectivity index (χ2n) is 6.76. The summed E-state index contributed by atoms with van der Waals surface area (Å²) in [5.41, 5.74) is 5.66.